The summed E-state index contributed by atoms with van der Waals surface area (Å²) in [6, 6.07) is 18.4. The normalized spacial score (nSPS) is 11.7. The zero-order valence-corrected chi connectivity index (χ0v) is 18.6. The van der Waals surface area contributed by atoms with Gasteiger partial charge in [-0.1, -0.05) is 30.3 Å². The van der Waals surface area contributed by atoms with Crippen molar-refractivity contribution in [3.8, 4) is 0 Å². The van der Waals surface area contributed by atoms with Crippen LogP contribution in [-0.2, 0) is 17.9 Å². The highest BCUT2D eigenvalue weighted by Gasteiger charge is 2.05. The number of carbonyl (C=O) groups excluding carboxylic acids is 1. The summed E-state index contributed by atoms with van der Waals surface area (Å²) in [5.74, 6) is 0.738. The molecule has 1 aromatic heterocycles. The molecule has 1 amide bonds. The Kier molecular flexibility index (Phi) is 8.06. The van der Waals surface area contributed by atoms with Crippen LogP contribution in [0.3, 0.4) is 0 Å². The van der Waals surface area contributed by atoms with Gasteiger partial charge in [-0.25, -0.2) is 0 Å². The summed E-state index contributed by atoms with van der Waals surface area (Å²) in [5, 5.41) is 10.9. The first-order chi connectivity index (χ1) is 15.0. The zero-order valence-electron chi connectivity index (χ0n) is 18.6. The van der Waals surface area contributed by atoms with Gasteiger partial charge in [0.15, 0.2) is 5.96 Å². The van der Waals surface area contributed by atoms with Crippen LogP contribution in [0.15, 0.2) is 65.8 Å². The van der Waals surface area contributed by atoms with Gasteiger partial charge in [0.1, 0.15) is 0 Å². The monoisotopic (exact) mass is 420 g/mol. The van der Waals surface area contributed by atoms with Crippen molar-refractivity contribution in [1.29, 1.82) is 0 Å². The van der Waals surface area contributed by atoms with E-state index in [4.69, 9.17) is 0 Å². The average Bonchev–Trinajstić information content (AvgIpc) is 3.16. The summed E-state index contributed by atoms with van der Waals surface area (Å²) in [7, 11) is 5.52. The Morgan fingerprint density at radius 2 is 1.90 bits per heavy atom. The van der Waals surface area contributed by atoms with E-state index in [1.54, 1.807) is 7.05 Å². The van der Waals surface area contributed by atoms with Crippen molar-refractivity contribution >= 4 is 28.5 Å². The smallest absolute Gasteiger partial charge is 0.238 e. The van der Waals surface area contributed by atoms with Crippen molar-refractivity contribution in [3.05, 3.63) is 66.4 Å². The Hall–Kier alpha value is -3.32. The van der Waals surface area contributed by atoms with Crippen LogP contribution in [0.4, 0.5) is 5.69 Å². The average molecular weight is 421 g/mol. The van der Waals surface area contributed by atoms with Crippen molar-refractivity contribution < 1.29 is 4.79 Å². The summed E-state index contributed by atoms with van der Waals surface area (Å²) in [5.41, 5.74) is 3.14. The molecule has 3 N–H and O–H groups in total. The number of hydrogen-bond acceptors (Lipinski definition) is 3. The minimum atomic E-state index is -0.0249. The number of anilines is 1. The van der Waals surface area contributed by atoms with Crippen LogP contribution in [0.5, 0.6) is 0 Å². The minimum Gasteiger partial charge on any atom is -0.356 e. The number of aromatic nitrogens is 1. The summed E-state index contributed by atoms with van der Waals surface area (Å²) in [4.78, 5) is 18.1. The van der Waals surface area contributed by atoms with Crippen LogP contribution < -0.4 is 16.0 Å². The van der Waals surface area contributed by atoms with Crippen LogP contribution in [0, 0.1) is 0 Å². The Balaban J connectivity index is 1.43. The molecule has 0 atom stereocenters. The minimum absolute atomic E-state index is 0.0249. The van der Waals surface area contributed by atoms with Crippen LogP contribution in [0.2, 0.25) is 0 Å². The number of fused-ring (bicyclic) bond motifs is 1. The van der Waals surface area contributed by atoms with E-state index in [9.17, 15) is 4.79 Å². The van der Waals surface area contributed by atoms with Crippen molar-refractivity contribution in [3.63, 3.8) is 0 Å². The molecule has 0 unspecified atom stereocenters. The van der Waals surface area contributed by atoms with Gasteiger partial charge in [0.25, 0.3) is 0 Å². The van der Waals surface area contributed by atoms with E-state index in [-0.39, 0.29) is 5.91 Å². The lowest BCUT2D eigenvalue weighted by Crippen LogP contribution is -2.37. The highest BCUT2D eigenvalue weighted by molar-refractivity contribution is 5.92. The number of guanidine groups is 1. The van der Waals surface area contributed by atoms with Crippen LogP contribution >= 0.6 is 0 Å². The van der Waals surface area contributed by atoms with Gasteiger partial charge in [0, 0.05) is 44.1 Å². The van der Waals surface area contributed by atoms with Crippen molar-refractivity contribution in [2.45, 2.75) is 19.5 Å². The Morgan fingerprint density at radius 1 is 1.06 bits per heavy atom. The first-order valence-electron chi connectivity index (χ1n) is 10.6. The van der Waals surface area contributed by atoms with Crippen molar-refractivity contribution in [2.75, 3.05) is 39.5 Å². The molecule has 3 aromatic rings. The molecular weight excluding hydrogens is 388 g/mol. The Labute approximate surface area is 184 Å². The maximum Gasteiger partial charge on any atom is 0.238 e. The molecule has 0 spiro atoms. The summed E-state index contributed by atoms with van der Waals surface area (Å²) in [6.45, 7) is 2.76. The quantitative estimate of drug-likeness (QED) is 0.283. The number of aliphatic imine (C=N–C) groups is 1. The van der Waals surface area contributed by atoms with E-state index in [0.29, 0.717) is 13.1 Å². The fraction of sp³-hybridized carbons (Fsp3) is 0.333. The summed E-state index contributed by atoms with van der Waals surface area (Å²) >= 11 is 0. The Bertz CT molecular complexity index is 1020. The molecule has 0 aliphatic carbocycles. The number of aryl methyl sites for hydroxylation is 1. The maximum absolute atomic E-state index is 12.0. The van der Waals surface area contributed by atoms with E-state index in [1.807, 2.05) is 43.3 Å². The van der Waals surface area contributed by atoms with E-state index in [2.05, 4.69) is 62.0 Å². The fourth-order valence-electron chi connectivity index (χ4n) is 3.44. The first kappa shape index (κ1) is 22.4. The molecule has 0 aliphatic rings. The number of amides is 1. The van der Waals surface area contributed by atoms with Gasteiger partial charge < -0.3 is 25.4 Å². The van der Waals surface area contributed by atoms with Gasteiger partial charge >= 0.3 is 0 Å². The van der Waals surface area contributed by atoms with Gasteiger partial charge in [-0.3, -0.25) is 9.79 Å². The fourth-order valence-corrected chi connectivity index (χ4v) is 3.44. The molecule has 0 saturated heterocycles. The van der Waals surface area contributed by atoms with Gasteiger partial charge in [-0.2, -0.15) is 0 Å². The van der Waals surface area contributed by atoms with Crippen LogP contribution in [-0.4, -0.2) is 55.6 Å². The van der Waals surface area contributed by atoms with E-state index < -0.39 is 0 Å². The lowest BCUT2D eigenvalue weighted by atomic mass is 10.2. The van der Waals surface area contributed by atoms with E-state index in [0.717, 1.165) is 36.7 Å². The number of nitrogens with one attached hydrogen (secondary N) is 3. The number of benzene rings is 2. The Morgan fingerprint density at radius 3 is 2.71 bits per heavy atom. The standard InChI is InChI=1S/C24H32N6O/c1-25-24(26-13-7-14-30-15-12-20-9-4-5-11-22(20)30)27-17-19-8-6-10-21(16-19)28-23(31)18-29(2)3/h4-6,8-12,15-16H,7,13-14,17-18H2,1-3H3,(H,28,31)(H2,25,26,27). The molecular formula is C24H32N6O. The second-order valence-electron chi connectivity index (χ2n) is 7.76. The van der Waals surface area contributed by atoms with Gasteiger partial charge in [0.2, 0.25) is 5.91 Å². The lowest BCUT2D eigenvalue weighted by molar-refractivity contribution is -0.116. The van der Waals surface area contributed by atoms with Gasteiger partial charge in [-0.15, -0.1) is 0 Å². The molecule has 31 heavy (non-hydrogen) atoms. The highest BCUT2D eigenvalue weighted by Crippen LogP contribution is 2.15. The molecule has 164 valence electrons. The molecule has 0 bridgehead atoms. The first-order valence-corrected chi connectivity index (χ1v) is 10.6. The zero-order chi connectivity index (χ0) is 22.1. The third kappa shape index (κ3) is 6.86. The molecule has 0 radical (unpaired) electrons. The molecule has 7 nitrogen and oxygen atoms in total. The van der Waals surface area contributed by atoms with E-state index in [1.165, 1.54) is 10.9 Å². The summed E-state index contributed by atoms with van der Waals surface area (Å²) in [6.07, 6.45) is 3.13. The van der Waals surface area contributed by atoms with Crippen molar-refractivity contribution in [2.24, 2.45) is 4.99 Å². The molecule has 0 aliphatic heterocycles. The predicted octanol–water partition coefficient (Wildman–Crippen LogP) is 2.90. The highest BCUT2D eigenvalue weighted by atomic mass is 16.2. The number of para-hydroxylation sites is 1. The van der Waals surface area contributed by atoms with Gasteiger partial charge in [0.05, 0.1) is 6.54 Å². The second-order valence-corrected chi connectivity index (χ2v) is 7.76. The maximum atomic E-state index is 12.0. The number of rotatable bonds is 9. The van der Waals surface area contributed by atoms with Crippen LogP contribution in [0.25, 0.3) is 10.9 Å². The predicted molar refractivity (Wildman–Crippen MR) is 128 cm³/mol. The number of hydrogen-bond donors (Lipinski definition) is 3. The number of carbonyl (C=O) groups is 1. The topological polar surface area (TPSA) is 73.7 Å². The molecule has 0 saturated carbocycles. The largest absolute Gasteiger partial charge is 0.356 e. The molecule has 1 heterocycles. The third-order valence-corrected chi connectivity index (χ3v) is 4.90. The molecule has 7 heteroatoms. The lowest BCUT2D eigenvalue weighted by Gasteiger charge is -2.14. The number of likely N-dealkylation sites (N-methyl/N-ethyl adjacent to an activating group) is 1. The summed E-state index contributed by atoms with van der Waals surface area (Å²) < 4.78 is 2.28. The SMILES string of the molecule is CN=C(NCCCn1ccc2ccccc21)NCc1cccc(NC(=O)CN(C)C)c1. The second kappa shape index (κ2) is 11.2. The van der Waals surface area contributed by atoms with E-state index >= 15 is 0 Å². The molecule has 3 rings (SSSR count). The van der Waals surface area contributed by atoms with Crippen molar-refractivity contribution in [1.82, 2.24) is 20.1 Å². The van der Waals surface area contributed by atoms with Crippen LogP contribution in [0.1, 0.15) is 12.0 Å². The third-order valence-electron chi connectivity index (χ3n) is 4.90. The van der Waals surface area contributed by atoms with Gasteiger partial charge in [-0.05, 0) is 55.7 Å². The molecule has 0 fully saturated rings. The molecule has 2 aromatic carbocycles. The number of nitrogens with zero attached hydrogens (tertiary/aromatic N) is 3.